The van der Waals surface area contributed by atoms with Crippen LogP contribution in [0.25, 0.3) is 0 Å². The molecule has 10 heteroatoms. The summed E-state index contributed by atoms with van der Waals surface area (Å²) in [5, 5.41) is 11.2. The van der Waals surface area contributed by atoms with Crippen LogP contribution in [0.2, 0.25) is 15.2 Å². The number of ether oxygens (including phenoxy) is 1. The smallest absolute Gasteiger partial charge is 0.359 e. The highest BCUT2D eigenvalue weighted by molar-refractivity contribution is 6.46. The van der Waals surface area contributed by atoms with Gasteiger partial charge >= 0.3 is 5.97 Å². The highest BCUT2D eigenvalue weighted by Crippen LogP contribution is 2.39. The Kier molecular flexibility index (Phi) is 5.43. The molecule has 1 fully saturated rings. The number of esters is 1. The van der Waals surface area contributed by atoms with Crippen LogP contribution in [-0.2, 0) is 9.53 Å². The van der Waals surface area contributed by atoms with E-state index < -0.39 is 24.0 Å². The number of rotatable bonds is 5. The van der Waals surface area contributed by atoms with Gasteiger partial charge in [0, 0.05) is 0 Å². The lowest BCUT2D eigenvalue weighted by molar-refractivity contribution is -0.125. The summed E-state index contributed by atoms with van der Waals surface area (Å²) in [5.41, 5.74) is 4.17. The third-order valence-corrected chi connectivity index (χ3v) is 4.76. The maximum Gasteiger partial charge on any atom is 0.359 e. The number of carbonyl (C=O) groups excluding carboxylic acids is 2. The highest BCUT2D eigenvalue weighted by Gasteiger charge is 2.43. The van der Waals surface area contributed by atoms with Crippen LogP contribution in [0.1, 0.15) is 30.3 Å². The molecule has 7 nitrogen and oxygen atoms in total. The predicted molar refractivity (Wildman–Crippen MR) is 88.8 cm³/mol. The Morgan fingerprint density at radius 1 is 1.42 bits per heavy atom. The Hall–Kier alpha value is -1.75. The van der Waals surface area contributed by atoms with Crippen molar-refractivity contribution >= 4 is 52.4 Å². The number of anilines is 1. The minimum atomic E-state index is -0.981. The van der Waals surface area contributed by atoms with Crippen molar-refractivity contribution in [3.63, 3.8) is 0 Å². The monoisotopic (exact) mass is 390 g/mol. The second kappa shape index (κ2) is 7.01. The lowest BCUT2D eigenvalue weighted by atomic mass is 9.98. The largest absolute Gasteiger partial charge is 0.451 e. The Morgan fingerprint density at radius 3 is 2.58 bits per heavy atom. The third-order valence-electron chi connectivity index (χ3n) is 3.62. The van der Waals surface area contributed by atoms with Crippen LogP contribution in [0.15, 0.2) is 0 Å². The number of hydrogen-bond donors (Lipinski definition) is 2. The second-order valence-electron chi connectivity index (χ2n) is 5.51. The number of nitrogen functional groups attached to an aromatic ring is 1. The molecule has 1 aromatic rings. The van der Waals surface area contributed by atoms with Crippen LogP contribution in [0, 0.1) is 17.2 Å². The Bertz CT molecular complexity index is 746. The van der Waals surface area contributed by atoms with Crippen LogP contribution in [0.3, 0.4) is 0 Å². The van der Waals surface area contributed by atoms with Gasteiger partial charge in [-0.15, -0.1) is 0 Å². The molecule has 0 aliphatic heterocycles. The summed E-state index contributed by atoms with van der Waals surface area (Å²) in [6, 6.07) is 2.07. The lowest BCUT2D eigenvalue weighted by Gasteiger charge is -2.22. The molecule has 1 aromatic heterocycles. The third kappa shape index (κ3) is 3.83. The van der Waals surface area contributed by atoms with Crippen molar-refractivity contribution in [3.05, 3.63) is 20.9 Å². The van der Waals surface area contributed by atoms with Crippen LogP contribution in [0.5, 0.6) is 0 Å². The minimum Gasteiger partial charge on any atom is -0.451 e. The fraction of sp³-hybridized carbons (Fsp3) is 0.429. The first-order valence-corrected chi connectivity index (χ1v) is 8.02. The van der Waals surface area contributed by atoms with Crippen LogP contribution < -0.4 is 11.1 Å². The van der Waals surface area contributed by atoms with E-state index >= 15 is 0 Å². The molecule has 1 amide bonds. The van der Waals surface area contributed by atoms with Crippen molar-refractivity contribution in [2.24, 2.45) is 5.92 Å². The fourth-order valence-electron chi connectivity index (χ4n) is 2.07. The van der Waals surface area contributed by atoms with E-state index in [0.717, 1.165) is 12.8 Å². The number of halogens is 3. The van der Waals surface area contributed by atoms with Gasteiger partial charge < -0.3 is 15.8 Å². The molecule has 1 saturated carbocycles. The number of nitrogens with two attached hydrogens (primary N) is 1. The number of carbonyl (C=O) groups is 2. The van der Waals surface area contributed by atoms with Crippen molar-refractivity contribution in [2.45, 2.75) is 25.3 Å². The van der Waals surface area contributed by atoms with E-state index in [1.54, 1.807) is 6.92 Å². The van der Waals surface area contributed by atoms with Gasteiger partial charge in [0.25, 0.3) is 5.91 Å². The topological polar surface area (TPSA) is 118 Å². The number of pyridine rings is 1. The summed E-state index contributed by atoms with van der Waals surface area (Å²) >= 11 is 17.4. The van der Waals surface area contributed by atoms with Crippen molar-refractivity contribution in [3.8, 4) is 6.07 Å². The first kappa shape index (κ1) is 18.6. The average molecular weight is 392 g/mol. The van der Waals surface area contributed by atoms with Crippen molar-refractivity contribution in [1.82, 2.24) is 10.3 Å². The fourth-order valence-corrected chi connectivity index (χ4v) is 2.66. The molecular formula is C14H13Cl3N4O3. The Balaban J connectivity index is 2.01. The van der Waals surface area contributed by atoms with Gasteiger partial charge in [0.2, 0.25) is 0 Å². The molecule has 0 radical (unpaired) electrons. The molecule has 0 aromatic carbocycles. The van der Waals surface area contributed by atoms with E-state index in [1.807, 2.05) is 0 Å². The van der Waals surface area contributed by atoms with Gasteiger partial charge in [-0.25, -0.2) is 9.78 Å². The van der Waals surface area contributed by atoms with Gasteiger partial charge in [-0.05, 0) is 25.7 Å². The molecule has 1 atom stereocenters. The standard InChI is InChI=1S/C14H13Cl3N4O3/c1-14(5-18,6-2-3-6)21-7(22)4-24-13(23)11-8(15)10(19)9(16)12(17)20-11/h6H,2-4H2,1H3,(H2,19,20)(H,21,22)/t14-/m0/s1. The predicted octanol–water partition coefficient (Wildman–Crippen LogP) is 2.59. The maximum absolute atomic E-state index is 12.0. The maximum atomic E-state index is 12.0. The molecule has 1 aliphatic rings. The minimum absolute atomic E-state index is 0.0785. The first-order chi connectivity index (χ1) is 11.2. The van der Waals surface area contributed by atoms with Gasteiger partial charge in [-0.2, -0.15) is 5.26 Å². The molecule has 2 rings (SSSR count). The van der Waals surface area contributed by atoms with E-state index in [0.29, 0.717) is 0 Å². The molecule has 1 heterocycles. The molecule has 3 N–H and O–H groups in total. The van der Waals surface area contributed by atoms with E-state index in [-0.39, 0.29) is 32.5 Å². The first-order valence-electron chi connectivity index (χ1n) is 6.89. The molecule has 0 spiro atoms. The number of amides is 1. The van der Waals surface area contributed by atoms with Crippen molar-refractivity contribution in [2.75, 3.05) is 12.3 Å². The van der Waals surface area contributed by atoms with Crippen LogP contribution in [0.4, 0.5) is 5.69 Å². The van der Waals surface area contributed by atoms with Gasteiger partial charge in [-0.1, -0.05) is 34.8 Å². The molecule has 128 valence electrons. The quantitative estimate of drug-likeness (QED) is 0.588. The zero-order chi connectivity index (χ0) is 18.1. The summed E-state index contributed by atoms with van der Waals surface area (Å²) in [5.74, 6) is -1.48. The molecular weight excluding hydrogens is 379 g/mol. The number of nitrogens with one attached hydrogen (secondary N) is 1. The zero-order valence-electron chi connectivity index (χ0n) is 12.5. The van der Waals surface area contributed by atoms with E-state index in [4.69, 9.17) is 45.3 Å². The second-order valence-corrected chi connectivity index (χ2v) is 6.62. The highest BCUT2D eigenvalue weighted by atomic mass is 35.5. The van der Waals surface area contributed by atoms with Crippen LogP contribution in [-0.4, -0.2) is 29.0 Å². The van der Waals surface area contributed by atoms with Gasteiger partial charge in [0.15, 0.2) is 17.5 Å². The zero-order valence-corrected chi connectivity index (χ0v) is 14.8. The molecule has 0 saturated heterocycles. The summed E-state index contributed by atoms with van der Waals surface area (Å²) in [6.07, 6.45) is 1.73. The van der Waals surface area contributed by atoms with Gasteiger partial charge in [0.05, 0.1) is 16.8 Å². The van der Waals surface area contributed by atoms with E-state index in [2.05, 4.69) is 16.4 Å². The number of aromatic nitrogens is 1. The summed E-state index contributed by atoms with van der Waals surface area (Å²) in [7, 11) is 0. The molecule has 24 heavy (non-hydrogen) atoms. The van der Waals surface area contributed by atoms with E-state index in [9.17, 15) is 14.9 Å². The Morgan fingerprint density at radius 2 is 2.04 bits per heavy atom. The van der Waals surface area contributed by atoms with Crippen molar-refractivity contribution in [1.29, 1.82) is 5.26 Å². The number of nitrogens with zero attached hydrogens (tertiary/aromatic N) is 2. The molecule has 0 bridgehead atoms. The number of hydrogen-bond acceptors (Lipinski definition) is 6. The summed E-state index contributed by atoms with van der Waals surface area (Å²) in [6.45, 7) is 1.03. The lowest BCUT2D eigenvalue weighted by Crippen LogP contribution is -2.48. The summed E-state index contributed by atoms with van der Waals surface area (Å²) in [4.78, 5) is 27.6. The SMILES string of the molecule is C[C@@](C#N)(NC(=O)COC(=O)c1nc(Cl)c(Cl)c(N)c1Cl)C1CC1. The number of nitriles is 1. The summed E-state index contributed by atoms with van der Waals surface area (Å²) < 4.78 is 4.85. The molecule has 0 unspecified atom stereocenters. The normalized spacial score (nSPS) is 16.0. The molecule has 1 aliphatic carbocycles. The average Bonchev–Trinajstić information content (AvgIpc) is 3.39. The van der Waals surface area contributed by atoms with Crippen molar-refractivity contribution < 1.29 is 14.3 Å². The van der Waals surface area contributed by atoms with Gasteiger partial charge in [-0.3, -0.25) is 4.79 Å². The van der Waals surface area contributed by atoms with Gasteiger partial charge in [0.1, 0.15) is 10.6 Å². The Labute approximate surface area is 153 Å². The van der Waals surface area contributed by atoms with Crippen LogP contribution >= 0.6 is 34.8 Å². The van der Waals surface area contributed by atoms with E-state index in [1.165, 1.54) is 0 Å².